The van der Waals surface area contributed by atoms with Crippen molar-refractivity contribution in [2.75, 3.05) is 0 Å². The van der Waals surface area contributed by atoms with Gasteiger partial charge in [0.05, 0.1) is 0 Å². The minimum Gasteiger partial charge on any atom is -0.289 e. The van der Waals surface area contributed by atoms with E-state index in [1.165, 1.54) is 0 Å². The molecule has 0 unspecified atom stereocenters. The van der Waals surface area contributed by atoms with Gasteiger partial charge in [-0.25, -0.2) is 0 Å². The topological polar surface area (TPSA) is 17.1 Å². The van der Waals surface area contributed by atoms with Crippen LogP contribution in [0, 0.1) is 0 Å². The molecule has 0 aliphatic carbocycles. The molecule has 0 aromatic heterocycles. The lowest BCUT2D eigenvalue weighted by Gasteiger charge is -2.22. The maximum atomic E-state index is 12.2. The van der Waals surface area contributed by atoms with Crippen LogP contribution in [0.2, 0.25) is 0 Å². The zero-order valence-electron chi connectivity index (χ0n) is 10.1. The van der Waals surface area contributed by atoms with Gasteiger partial charge in [0.2, 0.25) is 5.78 Å². The number of alkyl halides is 3. The molecule has 1 nitrogen and oxygen atoms in total. The van der Waals surface area contributed by atoms with Crippen LogP contribution in [-0.2, 0) is 16.6 Å². The molecule has 0 aliphatic heterocycles. The molecule has 0 amide bonds. The predicted molar refractivity (Wildman–Crippen MR) is 59.9 cm³/mol. The minimum atomic E-state index is -4.76. The molecule has 1 aromatic rings. The molecule has 17 heavy (non-hydrogen) atoms. The van der Waals surface area contributed by atoms with Gasteiger partial charge >= 0.3 is 6.18 Å². The van der Waals surface area contributed by atoms with Crippen molar-refractivity contribution >= 4 is 5.78 Å². The van der Waals surface area contributed by atoms with Crippen molar-refractivity contribution in [2.24, 2.45) is 0 Å². The van der Waals surface area contributed by atoms with Gasteiger partial charge in [-0.2, -0.15) is 13.2 Å². The standard InChI is InChI=1S/C13H15F3O/c1-12(2,3)10-7-5-4-6-9(10)8-11(17)13(14,15)16/h4-7H,8H2,1-3H3. The molecule has 0 atom stereocenters. The van der Waals surface area contributed by atoms with Crippen LogP contribution in [-0.4, -0.2) is 12.0 Å². The monoisotopic (exact) mass is 244 g/mol. The molecule has 0 aliphatic rings. The molecule has 94 valence electrons. The SMILES string of the molecule is CC(C)(C)c1ccccc1CC(=O)C(F)(F)F. The van der Waals surface area contributed by atoms with Crippen LogP contribution >= 0.6 is 0 Å². The highest BCUT2D eigenvalue weighted by Crippen LogP contribution is 2.28. The number of ketones is 1. The Morgan fingerprint density at radius 1 is 1.12 bits per heavy atom. The van der Waals surface area contributed by atoms with E-state index in [1.807, 2.05) is 20.8 Å². The quantitative estimate of drug-likeness (QED) is 0.776. The van der Waals surface area contributed by atoms with Gasteiger partial charge < -0.3 is 0 Å². The maximum Gasteiger partial charge on any atom is 0.450 e. The van der Waals surface area contributed by atoms with Gasteiger partial charge in [0.1, 0.15) is 0 Å². The summed E-state index contributed by atoms with van der Waals surface area (Å²) in [5.41, 5.74) is 0.947. The van der Waals surface area contributed by atoms with Gasteiger partial charge in [0.25, 0.3) is 0 Å². The Morgan fingerprint density at radius 2 is 1.65 bits per heavy atom. The first-order valence-corrected chi connectivity index (χ1v) is 5.31. The lowest BCUT2D eigenvalue weighted by molar-refractivity contribution is -0.170. The lowest BCUT2D eigenvalue weighted by atomic mass is 9.82. The Balaban J connectivity index is 3.04. The number of Topliss-reactive ketones (excluding diaryl/α,β-unsaturated/α-hetero) is 1. The van der Waals surface area contributed by atoms with Gasteiger partial charge in [-0.1, -0.05) is 45.0 Å². The van der Waals surface area contributed by atoms with Crippen LogP contribution in [0.3, 0.4) is 0 Å². The van der Waals surface area contributed by atoms with Gasteiger partial charge in [0, 0.05) is 6.42 Å². The molecular weight excluding hydrogens is 229 g/mol. The van der Waals surface area contributed by atoms with Crippen molar-refractivity contribution in [3.05, 3.63) is 35.4 Å². The summed E-state index contributed by atoms with van der Waals surface area (Å²) in [4.78, 5) is 11.0. The number of benzene rings is 1. The molecule has 0 saturated carbocycles. The fraction of sp³-hybridized carbons (Fsp3) is 0.462. The van der Waals surface area contributed by atoms with Crippen molar-refractivity contribution < 1.29 is 18.0 Å². The first kappa shape index (κ1) is 13.7. The Labute approximate surface area is 98.6 Å². The maximum absolute atomic E-state index is 12.2. The molecule has 1 aromatic carbocycles. The van der Waals surface area contributed by atoms with Gasteiger partial charge in [0.15, 0.2) is 0 Å². The Bertz CT molecular complexity index is 413. The zero-order valence-corrected chi connectivity index (χ0v) is 10.1. The van der Waals surface area contributed by atoms with E-state index >= 15 is 0 Å². The highest BCUT2D eigenvalue weighted by atomic mass is 19.4. The normalized spacial score (nSPS) is 12.6. The first-order valence-electron chi connectivity index (χ1n) is 5.31. The second-order valence-corrected chi connectivity index (χ2v) is 5.00. The fourth-order valence-electron chi connectivity index (χ4n) is 1.68. The summed E-state index contributed by atoms with van der Waals surface area (Å²) >= 11 is 0. The molecule has 0 heterocycles. The fourth-order valence-corrected chi connectivity index (χ4v) is 1.68. The van der Waals surface area contributed by atoms with Crippen molar-refractivity contribution in [3.63, 3.8) is 0 Å². The summed E-state index contributed by atoms with van der Waals surface area (Å²) in [6.45, 7) is 5.72. The van der Waals surface area contributed by atoms with Crippen LogP contribution in [0.1, 0.15) is 31.9 Å². The zero-order chi connectivity index (χ0) is 13.3. The second kappa shape index (κ2) is 4.51. The van der Waals surface area contributed by atoms with E-state index in [2.05, 4.69) is 0 Å². The molecule has 0 radical (unpaired) electrons. The largest absolute Gasteiger partial charge is 0.450 e. The van der Waals surface area contributed by atoms with Crippen molar-refractivity contribution in [1.29, 1.82) is 0 Å². The highest BCUT2D eigenvalue weighted by molar-refractivity contribution is 5.86. The van der Waals surface area contributed by atoms with E-state index in [1.54, 1.807) is 24.3 Å². The average Bonchev–Trinajstić information content (AvgIpc) is 2.15. The van der Waals surface area contributed by atoms with Crippen LogP contribution in [0.5, 0.6) is 0 Å². The minimum absolute atomic E-state index is 0.275. The number of carbonyl (C=O) groups is 1. The van der Waals surface area contributed by atoms with Gasteiger partial charge in [-0.15, -0.1) is 0 Å². The third-order valence-electron chi connectivity index (χ3n) is 2.49. The first-order chi connectivity index (χ1) is 7.62. The van der Waals surface area contributed by atoms with E-state index in [-0.39, 0.29) is 5.41 Å². The molecule has 0 bridgehead atoms. The van der Waals surface area contributed by atoms with Crippen molar-refractivity contribution in [1.82, 2.24) is 0 Å². The Morgan fingerprint density at radius 3 is 2.12 bits per heavy atom. The second-order valence-electron chi connectivity index (χ2n) is 5.00. The highest BCUT2D eigenvalue weighted by Gasteiger charge is 2.38. The predicted octanol–water partition coefficient (Wildman–Crippen LogP) is 3.66. The number of hydrogen-bond acceptors (Lipinski definition) is 1. The Hall–Kier alpha value is -1.32. The number of halogens is 3. The number of rotatable bonds is 2. The summed E-state index contributed by atoms with van der Waals surface area (Å²) in [5.74, 6) is -1.70. The Kier molecular flexibility index (Phi) is 3.65. The van der Waals surface area contributed by atoms with Crippen molar-refractivity contribution in [3.8, 4) is 0 Å². The lowest BCUT2D eigenvalue weighted by Crippen LogP contribution is -2.26. The van der Waals surface area contributed by atoms with Crippen LogP contribution in [0.25, 0.3) is 0 Å². The van der Waals surface area contributed by atoms with Crippen LogP contribution < -0.4 is 0 Å². The smallest absolute Gasteiger partial charge is 0.289 e. The molecule has 1 rings (SSSR count). The number of hydrogen-bond donors (Lipinski definition) is 0. The van der Waals surface area contributed by atoms with Crippen LogP contribution in [0.15, 0.2) is 24.3 Å². The summed E-state index contributed by atoms with van der Waals surface area (Å²) in [7, 11) is 0. The summed E-state index contributed by atoms with van der Waals surface area (Å²) < 4.78 is 36.6. The summed E-state index contributed by atoms with van der Waals surface area (Å²) in [6.07, 6.45) is -5.35. The summed E-state index contributed by atoms with van der Waals surface area (Å²) in [5, 5.41) is 0. The average molecular weight is 244 g/mol. The van der Waals surface area contributed by atoms with E-state index in [0.717, 1.165) is 5.56 Å². The third kappa shape index (κ3) is 3.58. The molecule has 0 N–H and O–H groups in total. The van der Waals surface area contributed by atoms with E-state index < -0.39 is 18.4 Å². The molecular formula is C13H15F3O. The van der Waals surface area contributed by atoms with E-state index in [0.29, 0.717) is 5.56 Å². The van der Waals surface area contributed by atoms with E-state index in [4.69, 9.17) is 0 Å². The molecule has 4 heteroatoms. The summed E-state index contributed by atoms with van der Waals surface area (Å²) in [6, 6.07) is 6.75. The number of carbonyl (C=O) groups excluding carboxylic acids is 1. The van der Waals surface area contributed by atoms with Crippen LogP contribution in [0.4, 0.5) is 13.2 Å². The van der Waals surface area contributed by atoms with E-state index in [9.17, 15) is 18.0 Å². The third-order valence-corrected chi connectivity index (χ3v) is 2.49. The van der Waals surface area contributed by atoms with Crippen molar-refractivity contribution in [2.45, 2.75) is 38.8 Å². The van der Waals surface area contributed by atoms with Gasteiger partial charge in [-0.05, 0) is 16.5 Å². The molecule has 0 saturated heterocycles. The van der Waals surface area contributed by atoms with Gasteiger partial charge in [-0.3, -0.25) is 4.79 Å². The molecule has 0 spiro atoms. The molecule has 0 fully saturated rings.